The highest BCUT2D eigenvalue weighted by molar-refractivity contribution is 6.28. The number of nitrogens with zero attached hydrogens (tertiary/aromatic N) is 10. The van der Waals surface area contributed by atoms with Gasteiger partial charge >= 0.3 is 0 Å². The highest BCUT2D eigenvalue weighted by Crippen LogP contribution is 2.49. The molecule has 0 saturated carbocycles. The summed E-state index contributed by atoms with van der Waals surface area (Å²) in [5, 5.41) is 29.7. The Balaban J connectivity index is 0.883. The van der Waals surface area contributed by atoms with Crippen LogP contribution < -0.4 is 0 Å². The van der Waals surface area contributed by atoms with Crippen LogP contribution in [0.5, 0.6) is 0 Å². The fourth-order valence-electron chi connectivity index (χ4n) is 17.0. The molecule has 112 heavy (non-hydrogen) atoms. The summed E-state index contributed by atoms with van der Waals surface area (Å²) in [7, 11) is 0. The maximum Gasteiger partial charge on any atom is 0.187 e. The van der Waals surface area contributed by atoms with Crippen LogP contribution in [0.1, 0.15) is 11.1 Å². The van der Waals surface area contributed by atoms with E-state index in [1.807, 2.05) is 60.7 Å². The normalized spacial score (nSPS) is 11.5. The minimum Gasteiger partial charge on any atom is -0.309 e. The lowest BCUT2D eigenvalue weighted by molar-refractivity contribution is 1.06. The van der Waals surface area contributed by atoms with Gasteiger partial charge < -0.3 is 18.3 Å². The molecule has 0 spiro atoms. The number of para-hydroxylation sites is 4. The minimum absolute atomic E-state index is 0.414. The topological polar surface area (TPSA) is 110 Å². The van der Waals surface area contributed by atoms with Crippen LogP contribution in [0, 0.1) is 29.2 Å². The van der Waals surface area contributed by atoms with Crippen LogP contribution in [0.3, 0.4) is 0 Å². The SMILES string of the molecule is [C-]#[N+]c1cccc(-c2ccc(-c3nc(-c4ccc(-c5cccc(C#N)c5)cc4-n4c5ccc(-c6ccccc6)cc5c5c4ccc4c6ccccc6n(-c6ccccc6)c45)nc(-c4ccc(-c5cccc(C#N)c5)cc4-n4c5ccc(-c6ccccc6)cc5c5c4ccc4c6ccccc6n(-c6ccccc6)c45)n3)cc2)c1. The molecule has 10 nitrogen and oxygen atoms in total. The van der Waals surface area contributed by atoms with Crippen molar-refractivity contribution in [2.45, 2.75) is 0 Å². The Kier molecular flexibility index (Phi) is 15.2. The van der Waals surface area contributed by atoms with Crippen LogP contribution in [0.25, 0.3) is 205 Å². The van der Waals surface area contributed by atoms with Gasteiger partial charge in [0.15, 0.2) is 23.2 Å². The van der Waals surface area contributed by atoms with Crippen LogP contribution in [0.4, 0.5) is 5.69 Å². The van der Waals surface area contributed by atoms with Crippen molar-refractivity contribution in [1.82, 2.24) is 33.2 Å². The molecule has 0 fully saturated rings. The molecule has 0 aliphatic rings. The van der Waals surface area contributed by atoms with Gasteiger partial charge in [-0.2, -0.15) is 10.5 Å². The quantitative estimate of drug-likeness (QED) is 0.113. The van der Waals surface area contributed by atoms with E-state index in [2.05, 4.69) is 339 Å². The minimum atomic E-state index is 0.414. The molecule has 0 bridgehead atoms. The first-order valence-corrected chi connectivity index (χ1v) is 37.3. The monoisotopic (exact) mass is 1420 g/mol. The first-order valence-electron chi connectivity index (χ1n) is 37.3. The van der Waals surface area contributed by atoms with E-state index in [1.165, 1.54) is 0 Å². The third kappa shape index (κ3) is 10.6. The molecule has 518 valence electrons. The number of hydrogen-bond donors (Lipinski definition) is 0. The van der Waals surface area contributed by atoms with Gasteiger partial charge in [-0.3, -0.25) is 0 Å². The fraction of sp³-hybridized carbons (Fsp3) is 0. The summed E-state index contributed by atoms with van der Waals surface area (Å²) in [6, 6.07) is 132. The van der Waals surface area contributed by atoms with Crippen molar-refractivity contribution in [2.75, 3.05) is 0 Å². The van der Waals surface area contributed by atoms with Gasteiger partial charge in [0.2, 0.25) is 0 Å². The standard InChI is InChI=1S/C102H60N10/c1-105-77-30-20-29-72(57-77)68-39-41-69(42-40-68)100-106-101(84-47-43-75(70-27-18-21-64(55-70)62-103)60-94(84)111-90-51-45-73(66-23-6-2-7-24-66)58-86(90)96-92(111)53-49-82-80-35-14-16-37-88(80)109(98(82)96)78-31-10-4-11-32-78)108-102(107-100)85-48-44-76(71-28-19-22-65(56-71)63-104)61-95(85)112-91-52-46-74(67-25-8-3-9-26-67)59-87(91)97-93(112)54-50-83-81-36-15-17-38-89(81)110(99(83)97)79-33-12-5-13-34-79/h2-61H. The lowest BCUT2D eigenvalue weighted by atomic mass is 9.99. The van der Waals surface area contributed by atoms with Crippen LogP contribution >= 0.6 is 0 Å². The zero-order valence-electron chi connectivity index (χ0n) is 60.1. The van der Waals surface area contributed by atoms with Crippen molar-refractivity contribution in [2.24, 2.45) is 0 Å². The molecular weight excluding hydrogens is 1370 g/mol. The summed E-state index contributed by atoms with van der Waals surface area (Å²) in [5.41, 5.74) is 25.4. The highest BCUT2D eigenvalue weighted by atomic mass is 15.1. The van der Waals surface area contributed by atoms with Gasteiger partial charge in [0.1, 0.15) is 0 Å². The largest absolute Gasteiger partial charge is 0.309 e. The first kappa shape index (κ1) is 64.6. The first-order chi connectivity index (χ1) is 55.4. The van der Waals surface area contributed by atoms with E-state index >= 15 is 0 Å². The summed E-state index contributed by atoms with van der Waals surface area (Å²) in [6.45, 7) is 7.90. The van der Waals surface area contributed by atoms with Crippen LogP contribution in [-0.4, -0.2) is 33.2 Å². The lowest BCUT2D eigenvalue weighted by Gasteiger charge is -2.18. The van der Waals surface area contributed by atoms with E-state index in [1.54, 1.807) is 0 Å². The zero-order valence-corrected chi connectivity index (χ0v) is 60.1. The Bertz CT molecular complexity index is 7180. The van der Waals surface area contributed by atoms with E-state index in [9.17, 15) is 10.5 Å². The Morgan fingerprint density at radius 2 is 0.598 bits per heavy atom. The highest BCUT2D eigenvalue weighted by Gasteiger charge is 2.29. The average Bonchev–Trinajstić information content (AvgIpc) is 1.54. The number of fused-ring (bicyclic) bond motifs is 14. The molecule has 16 aromatic carbocycles. The molecular formula is C102H60N10. The molecule has 0 amide bonds. The Morgan fingerprint density at radius 3 is 1.06 bits per heavy atom. The van der Waals surface area contributed by atoms with Crippen LogP contribution in [-0.2, 0) is 0 Å². The zero-order chi connectivity index (χ0) is 74.5. The molecule has 0 aliphatic heterocycles. The Morgan fingerprint density at radius 1 is 0.250 bits per heavy atom. The van der Waals surface area contributed by atoms with E-state index in [0.29, 0.717) is 34.3 Å². The predicted molar refractivity (Wildman–Crippen MR) is 456 cm³/mol. The molecule has 5 heterocycles. The number of aromatic nitrogens is 7. The maximum atomic E-state index is 10.5. The fourth-order valence-corrected chi connectivity index (χ4v) is 17.0. The van der Waals surface area contributed by atoms with Crippen molar-refractivity contribution in [3.8, 4) is 125 Å². The smallest absolute Gasteiger partial charge is 0.187 e. The molecule has 0 aliphatic carbocycles. The van der Waals surface area contributed by atoms with Crippen molar-refractivity contribution in [1.29, 1.82) is 10.5 Å². The summed E-state index contributed by atoms with van der Waals surface area (Å²) < 4.78 is 9.62. The Hall–Kier alpha value is -15.8. The van der Waals surface area contributed by atoms with Crippen molar-refractivity contribution < 1.29 is 0 Å². The molecule has 0 unspecified atom stereocenters. The second-order valence-electron chi connectivity index (χ2n) is 28.3. The molecule has 0 saturated heterocycles. The summed E-state index contributed by atoms with van der Waals surface area (Å²) in [5.74, 6) is 1.26. The predicted octanol–water partition coefficient (Wildman–Crippen LogP) is 25.9. The van der Waals surface area contributed by atoms with E-state index in [4.69, 9.17) is 21.5 Å². The van der Waals surface area contributed by atoms with Crippen LogP contribution in [0.15, 0.2) is 364 Å². The Labute approximate surface area is 643 Å². The van der Waals surface area contributed by atoms with Gasteiger partial charge in [-0.25, -0.2) is 19.8 Å². The number of rotatable bonds is 12. The molecule has 21 aromatic rings. The summed E-state index contributed by atoms with van der Waals surface area (Å²) in [6.07, 6.45) is 0. The summed E-state index contributed by atoms with van der Waals surface area (Å²) >= 11 is 0. The number of benzene rings is 16. The molecule has 5 aromatic heterocycles. The number of hydrogen-bond acceptors (Lipinski definition) is 5. The van der Waals surface area contributed by atoms with Gasteiger partial charge in [0, 0.05) is 71.2 Å². The van der Waals surface area contributed by atoms with Crippen LogP contribution in [0.2, 0.25) is 0 Å². The van der Waals surface area contributed by atoms with E-state index in [0.717, 1.165) is 182 Å². The molecule has 21 rings (SSSR count). The van der Waals surface area contributed by atoms with E-state index < -0.39 is 0 Å². The second kappa shape index (κ2) is 26.3. The lowest BCUT2D eigenvalue weighted by Crippen LogP contribution is -2.06. The van der Waals surface area contributed by atoms with Crippen molar-refractivity contribution in [3.05, 3.63) is 387 Å². The van der Waals surface area contributed by atoms with Gasteiger partial charge in [-0.15, -0.1) is 0 Å². The second-order valence-corrected chi connectivity index (χ2v) is 28.3. The molecule has 0 radical (unpaired) electrons. The van der Waals surface area contributed by atoms with Gasteiger partial charge in [-0.1, -0.05) is 237 Å². The van der Waals surface area contributed by atoms with Gasteiger partial charge in [0.05, 0.1) is 85.3 Å². The average molecular weight is 1430 g/mol. The van der Waals surface area contributed by atoms with Crippen molar-refractivity contribution in [3.63, 3.8) is 0 Å². The molecule has 10 heteroatoms. The maximum absolute atomic E-state index is 10.5. The third-order valence-corrected chi connectivity index (χ3v) is 22.1. The number of nitriles is 2. The van der Waals surface area contributed by atoms with Gasteiger partial charge in [0.25, 0.3) is 0 Å². The van der Waals surface area contributed by atoms with E-state index in [-0.39, 0.29) is 0 Å². The van der Waals surface area contributed by atoms with Gasteiger partial charge in [-0.05, 0) is 183 Å². The molecule has 0 N–H and O–H groups in total. The summed E-state index contributed by atoms with van der Waals surface area (Å²) in [4.78, 5) is 21.1. The molecule has 0 atom stereocenters. The third-order valence-electron chi connectivity index (χ3n) is 22.1. The van der Waals surface area contributed by atoms with Crippen molar-refractivity contribution >= 4 is 92.9 Å².